The summed E-state index contributed by atoms with van der Waals surface area (Å²) in [5.74, 6) is -0.625. The fourth-order valence-corrected chi connectivity index (χ4v) is 3.38. The van der Waals surface area contributed by atoms with E-state index in [0.29, 0.717) is 6.54 Å². The van der Waals surface area contributed by atoms with E-state index in [1.807, 2.05) is 19.2 Å². The normalized spacial score (nSPS) is 18.3. The highest BCUT2D eigenvalue weighted by Gasteiger charge is 2.39. The van der Waals surface area contributed by atoms with Crippen molar-refractivity contribution in [2.24, 2.45) is 5.41 Å². The highest BCUT2D eigenvalue weighted by Crippen LogP contribution is 2.37. The van der Waals surface area contributed by atoms with Crippen molar-refractivity contribution in [3.63, 3.8) is 0 Å². The van der Waals surface area contributed by atoms with E-state index in [2.05, 4.69) is 24.0 Å². The van der Waals surface area contributed by atoms with E-state index in [4.69, 9.17) is 0 Å². The summed E-state index contributed by atoms with van der Waals surface area (Å²) in [6, 6.07) is 8.18. The number of carboxylic acid groups (broad SMARTS) is 1. The summed E-state index contributed by atoms with van der Waals surface area (Å²) in [4.78, 5) is 14.0. The van der Waals surface area contributed by atoms with Crippen molar-refractivity contribution in [2.45, 2.75) is 45.4 Å². The van der Waals surface area contributed by atoms with Crippen molar-refractivity contribution in [2.75, 3.05) is 18.5 Å². The molecule has 0 radical (unpaired) electrons. The van der Waals surface area contributed by atoms with Crippen LogP contribution in [0.15, 0.2) is 24.3 Å². The lowest BCUT2D eigenvalue weighted by Gasteiger charge is -2.34. The number of anilines is 1. The van der Waals surface area contributed by atoms with Crippen LogP contribution < -0.4 is 4.90 Å². The van der Waals surface area contributed by atoms with E-state index >= 15 is 0 Å². The number of benzene rings is 1. The van der Waals surface area contributed by atoms with Crippen LogP contribution in [0.25, 0.3) is 0 Å². The van der Waals surface area contributed by atoms with Crippen molar-refractivity contribution in [1.82, 2.24) is 0 Å². The molecular formula is C17H25NO2. The largest absolute Gasteiger partial charge is 0.481 e. The van der Waals surface area contributed by atoms with E-state index in [0.717, 1.165) is 31.4 Å². The minimum absolute atomic E-state index is 0.576. The molecule has 0 aromatic heterocycles. The van der Waals surface area contributed by atoms with Crippen LogP contribution in [-0.4, -0.2) is 24.7 Å². The van der Waals surface area contributed by atoms with Gasteiger partial charge in [-0.05, 0) is 31.4 Å². The number of aryl methyl sites for hydroxylation is 1. The van der Waals surface area contributed by atoms with Gasteiger partial charge in [-0.25, -0.2) is 0 Å². The highest BCUT2D eigenvalue weighted by atomic mass is 16.4. The molecule has 0 heterocycles. The molecule has 0 spiro atoms. The molecule has 1 fully saturated rings. The number of hydrogen-bond acceptors (Lipinski definition) is 2. The molecule has 0 amide bonds. The molecular weight excluding hydrogens is 250 g/mol. The van der Waals surface area contributed by atoms with Gasteiger partial charge in [0.15, 0.2) is 0 Å². The van der Waals surface area contributed by atoms with Crippen molar-refractivity contribution in [3.8, 4) is 0 Å². The molecule has 1 aliphatic rings. The first-order valence-electron chi connectivity index (χ1n) is 7.55. The Balaban J connectivity index is 2.19. The Bertz CT molecular complexity index is 462. The number of para-hydroxylation sites is 1. The Labute approximate surface area is 121 Å². The first kappa shape index (κ1) is 14.9. The summed E-state index contributed by atoms with van der Waals surface area (Å²) < 4.78 is 0. The van der Waals surface area contributed by atoms with E-state index in [-0.39, 0.29) is 0 Å². The van der Waals surface area contributed by atoms with Crippen LogP contribution in [0, 0.1) is 12.3 Å². The average Bonchev–Trinajstić information content (AvgIpc) is 2.65. The maximum atomic E-state index is 11.9. The Kier molecular flexibility index (Phi) is 4.69. The third-order valence-corrected chi connectivity index (χ3v) is 4.58. The predicted octanol–water partition coefficient (Wildman–Crippen LogP) is 3.86. The van der Waals surface area contributed by atoms with Crippen molar-refractivity contribution < 1.29 is 9.90 Å². The molecule has 110 valence electrons. The maximum absolute atomic E-state index is 11.9. The second-order valence-corrected chi connectivity index (χ2v) is 6.14. The topological polar surface area (TPSA) is 40.5 Å². The lowest BCUT2D eigenvalue weighted by molar-refractivity contribution is -0.149. The van der Waals surface area contributed by atoms with Gasteiger partial charge in [-0.3, -0.25) is 4.79 Å². The lowest BCUT2D eigenvalue weighted by atomic mass is 9.79. The molecule has 1 aliphatic carbocycles. The first-order valence-corrected chi connectivity index (χ1v) is 7.55. The zero-order chi connectivity index (χ0) is 14.6. The van der Waals surface area contributed by atoms with Gasteiger partial charge in [-0.15, -0.1) is 0 Å². The number of aliphatic carboxylic acids is 1. The summed E-state index contributed by atoms with van der Waals surface area (Å²) in [6.45, 7) is 2.68. The average molecular weight is 275 g/mol. The monoisotopic (exact) mass is 275 g/mol. The zero-order valence-electron chi connectivity index (χ0n) is 12.6. The van der Waals surface area contributed by atoms with Crippen LogP contribution in [0.2, 0.25) is 0 Å². The number of hydrogen-bond donors (Lipinski definition) is 1. The molecule has 1 aromatic carbocycles. The molecule has 0 saturated heterocycles. The van der Waals surface area contributed by atoms with Gasteiger partial charge in [-0.2, -0.15) is 0 Å². The SMILES string of the molecule is Cc1ccccc1N(C)CC1(C(=O)O)CCCCCC1. The van der Waals surface area contributed by atoms with Crippen molar-refractivity contribution >= 4 is 11.7 Å². The van der Waals surface area contributed by atoms with Gasteiger partial charge in [0.25, 0.3) is 0 Å². The third-order valence-electron chi connectivity index (χ3n) is 4.58. The van der Waals surface area contributed by atoms with Gasteiger partial charge in [-0.1, -0.05) is 43.9 Å². The molecule has 0 unspecified atom stereocenters. The number of carboxylic acids is 1. The molecule has 2 rings (SSSR count). The number of carbonyl (C=O) groups is 1. The molecule has 20 heavy (non-hydrogen) atoms. The van der Waals surface area contributed by atoms with Crippen molar-refractivity contribution in [3.05, 3.63) is 29.8 Å². The summed E-state index contributed by atoms with van der Waals surface area (Å²) in [5.41, 5.74) is 1.76. The minimum Gasteiger partial charge on any atom is -0.481 e. The number of nitrogens with zero attached hydrogens (tertiary/aromatic N) is 1. The fraction of sp³-hybridized carbons (Fsp3) is 0.588. The first-order chi connectivity index (χ1) is 9.55. The minimum atomic E-state index is -0.625. The molecule has 1 N–H and O–H groups in total. The number of rotatable bonds is 4. The van der Waals surface area contributed by atoms with Gasteiger partial charge in [0.1, 0.15) is 0 Å². The summed E-state index contributed by atoms with van der Waals surface area (Å²) in [7, 11) is 2.01. The van der Waals surface area contributed by atoms with Crippen LogP contribution in [-0.2, 0) is 4.79 Å². The molecule has 3 heteroatoms. The van der Waals surface area contributed by atoms with Gasteiger partial charge in [0, 0.05) is 19.3 Å². The van der Waals surface area contributed by atoms with Gasteiger partial charge in [0.2, 0.25) is 0 Å². The standard InChI is InChI=1S/C17H25NO2/c1-14-9-5-6-10-15(14)18(2)13-17(16(19)20)11-7-3-4-8-12-17/h5-6,9-10H,3-4,7-8,11-13H2,1-2H3,(H,19,20). The summed E-state index contributed by atoms with van der Waals surface area (Å²) in [6.07, 6.45) is 6.02. The second kappa shape index (κ2) is 6.29. The van der Waals surface area contributed by atoms with Crippen LogP contribution in [0.5, 0.6) is 0 Å². The maximum Gasteiger partial charge on any atom is 0.311 e. The highest BCUT2D eigenvalue weighted by molar-refractivity contribution is 5.76. The quantitative estimate of drug-likeness (QED) is 0.848. The summed E-state index contributed by atoms with van der Waals surface area (Å²) in [5, 5.41) is 9.75. The van der Waals surface area contributed by atoms with Crippen LogP contribution in [0.1, 0.15) is 44.1 Å². The molecule has 0 bridgehead atoms. The Morgan fingerprint density at radius 1 is 1.20 bits per heavy atom. The third kappa shape index (κ3) is 3.14. The molecule has 1 aromatic rings. The van der Waals surface area contributed by atoms with E-state index in [1.54, 1.807) is 0 Å². The molecule has 0 atom stereocenters. The van der Waals surface area contributed by atoms with Crippen LogP contribution >= 0.6 is 0 Å². The summed E-state index contributed by atoms with van der Waals surface area (Å²) >= 11 is 0. The molecule has 0 aliphatic heterocycles. The fourth-order valence-electron chi connectivity index (χ4n) is 3.38. The van der Waals surface area contributed by atoms with Crippen molar-refractivity contribution in [1.29, 1.82) is 0 Å². The van der Waals surface area contributed by atoms with Crippen LogP contribution in [0.4, 0.5) is 5.69 Å². The van der Waals surface area contributed by atoms with E-state index in [1.165, 1.54) is 18.4 Å². The lowest BCUT2D eigenvalue weighted by Crippen LogP contribution is -2.42. The van der Waals surface area contributed by atoms with Gasteiger partial charge >= 0.3 is 5.97 Å². The van der Waals surface area contributed by atoms with Gasteiger partial charge < -0.3 is 10.0 Å². The zero-order valence-corrected chi connectivity index (χ0v) is 12.6. The molecule has 1 saturated carbocycles. The predicted molar refractivity (Wildman–Crippen MR) is 82.2 cm³/mol. The van der Waals surface area contributed by atoms with Crippen LogP contribution in [0.3, 0.4) is 0 Å². The Morgan fingerprint density at radius 3 is 2.35 bits per heavy atom. The van der Waals surface area contributed by atoms with E-state index in [9.17, 15) is 9.90 Å². The Hall–Kier alpha value is -1.51. The smallest absolute Gasteiger partial charge is 0.311 e. The van der Waals surface area contributed by atoms with Gasteiger partial charge in [0.05, 0.1) is 5.41 Å². The second-order valence-electron chi connectivity index (χ2n) is 6.14. The van der Waals surface area contributed by atoms with E-state index < -0.39 is 11.4 Å². The molecule has 3 nitrogen and oxygen atoms in total. The Morgan fingerprint density at radius 2 is 1.80 bits per heavy atom.